The van der Waals surface area contributed by atoms with Gasteiger partial charge in [0.15, 0.2) is 5.82 Å². The van der Waals surface area contributed by atoms with Crippen LogP contribution in [0, 0.1) is 0 Å². The number of nitrogens with one attached hydrogen (secondary N) is 2. The first-order chi connectivity index (χ1) is 14.2. The van der Waals surface area contributed by atoms with E-state index in [2.05, 4.69) is 30.5 Å². The average Bonchev–Trinajstić information content (AvgIpc) is 3.15. The van der Waals surface area contributed by atoms with Crippen LogP contribution in [0.5, 0.6) is 0 Å². The fourth-order valence-electron chi connectivity index (χ4n) is 3.85. The van der Waals surface area contributed by atoms with E-state index < -0.39 is 0 Å². The Labute approximate surface area is 167 Å². The van der Waals surface area contributed by atoms with E-state index in [0.717, 1.165) is 40.7 Å². The standard InChI is InChI=1S/C22H20N6O/c29-22(9-14-3-4-18-15(8-14)2-1-5-24-18)26-21-12-19(27-28-21)16-10-17(11-16)20-13-23-6-7-25-20/h1-8,12-13,16-17H,9-11H2,(H2,26,27,28,29)/t16-,17+. The van der Waals surface area contributed by atoms with Crippen molar-refractivity contribution >= 4 is 22.6 Å². The van der Waals surface area contributed by atoms with Crippen LogP contribution in [0.4, 0.5) is 5.82 Å². The molecule has 7 heteroatoms. The van der Waals surface area contributed by atoms with Crippen LogP contribution in [0.1, 0.15) is 41.6 Å². The van der Waals surface area contributed by atoms with Gasteiger partial charge in [0.05, 0.1) is 17.6 Å². The van der Waals surface area contributed by atoms with Crippen LogP contribution in [-0.4, -0.2) is 31.1 Å². The summed E-state index contributed by atoms with van der Waals surface area (Å²) >= 11 is 0. The zero-order valence-electron chi connectivity index (χ0n) is 15.7. The number of pyridine rings is 1. The molecule has 0 atom stereocenters. The zero-order valence-corrected chi connectivity index (χ0v) is 15.7. The number of H-pyrrole nitrogens is 1. The van der Waals surface area contributed by atoms with E-state index in [4.69, 9.17) is 0 Å². The molecule has 3 aromatic heterocycles. The number of benzene rings is 1. The van der Waals surface area contributed by atoms with Crippen LogP contribution in [0.15, 0.2) is 61.2 Å². The Hall–Kier alpha value is -3.61. The summed E-state index contributed by atoms with van der Waals surface area (Å²) in [6.45, 7) is 0. The van der Waals surface area contributed by atoms with Gasteiger partial charge in [-0.25, -0.2) is 0 Å². The average molecular weight is 384 g/mol. The highest BCUT2D eigenvalue weighted by Gasteiger charge is 2.33. The molecule has 0 bridgehead atoms. The Kier molecular flexibility index (Phi) is 4.48. The minimum atomic E-state index is -0.0858. The van der Waals surface area contributed by atoms with Crippen molar-refractivity contribution in [3.63, 3.8) is 0 Å². The van der Waals surface area contributed by atoms with E-state index in [1.54, 1.807) is 18.6 Å². The summed E-state index contributed by atoms with van der Waals surface area (Å²) in [6.07, 6.45) is 9.35. The molecule has 1 aliphatic carbocycles. The fraction of sp³-hybridized carbons (Fsp3) is 0.227. The molecule has 5 rings (SSSR count). The molecule has 144 valence electrons. The summed E-state index contributed by atoms with van der Waals surface area (Å²) in [5, 5.41) is 11.2. The molecule has 3 heterocycles. The second kappa shape index (κ2) is 7.43. The number of nitrogens with zero attached hydrogens (tertiary/aromatic N) is 4. The zero-order chi connectivity index (χ0) is 19.6. The summed E-state index contributed by atoms with van der Waals surface area (Å²) in [4.78, 5) is 25.2. The van der Waals surface area contributed by atoms with Gasteiger partial charge in [0, 0.05) is 53.8 Å². The van der Waals surface area contributed by atoms with Gasteiger partial charge < -0.3 is 5.32 Å². The number of fused-ring (bicyclic) bond motifs is 1. The molecule has 2 N–H and O–H groups in total. The molecule has 0 unspecified atom stereocenters. The smallest absolute Gasteiger partial charge is 0.229 e. The highest BCUT2D eigenvalue weighted by atomic mass is 16.1. The highest BCUT2D eigenvalue weighted by Crippen LogP contribution is 2.46. The quantitative estimate of drug-likeness (QED) is 0.548. The van der Waals surface area contributed by atoms with Crippen molar-refractivity contribution in [2.75, 3.05) is 5.32 Å². The monoisotopic (exact) mass is 384 g/mol. The van der Waals surface area contributed by atoms with E-state index in [1.807, 2.05) is 42.6 Å². The summed E-state index contributed by atoms with van der Waals surface area (Å²) in [6, 6.07) is 11.7. The van der Waals surface area contributed by atoms with Crippen LogP contribution in [0.25, 0.3) is 10.9 Å². The number of carbonyl (C=O) groups is 1. The maximum atomic E-state index is 12.4. The first kappa shape index (κ1) is 17.5. The lowest BCUT2D eigenvalue weighted by Gasteiger charge is -2.33. The van der Waals surface area contributed by atoms with E-state index in [0.29, 0.717) is 24.1 Å². The molecule has 4 aromatic rings. The van der Waals surface area contributed by atoms with Gasteiger partial charge in [0.2, 0.25) is 5.91 Å². The van der Waals surface area contributed by atoms with Crippen LogP contribution >= 0.6 is 0 Å². The van der Waals surface area contributed by atoms with Gasteiger partial charge in [0.1, 0.15) is 0 Å². The number of carbonyl (C=O) groups excluding carboxylic acids is 1. The van der Waals surface area contributed by atoms with Gasteiger partial charge in [-0.3, -0.25) is 24.8 Å². The predicted molar refractivity (Wildman–Crippen MR) is 109 cm³/mol. The number of aromatic amines is 1. The van der Waals surface area contributed by atoms with Crippen molar-refractivity contribution in [2.45, 2.75) is 31.1 Å². The molecule has 1 aliphatic rings. The third-order valence-electron chi connectivity index (χ3n) is 5.48. The molecular weight excluding hydrogens is 364 g/mol. The van der Waals surface area contributed by atoms with E-state index in [-0.39, 0.29) is 5.91 Å². The Bertz CT molecular complexity index is 1150. The highest BCUT2D eigenvalue weighted by molar-refractivity contribution is 5.92. The first-order valence-electron chi connectivity index (χ1n) is 9.69. The molecule has 1 amide bonds. The lowest BCUT2D eigenvalue weighted by atomic mass is 9.72. The topological polar surface area (TPSA) is 96.5 Å². The predicted octanol–water partition coefficient (Wildman–Crippen LogP) is 3.59. The Balaban J connectivity index is 1.18. The van der Waals surface area contributed by atoms with E-state index in [1.165, 1.54) is 0 Å². The molecule has 0 radical (unpaired) electrons. The summed E-state index contributed by atoms with van der Waals surface area (Å²) < 4.78 is 0. The molecule has 0 spiro atoms. The van der Waals surface area contributed by atoms with Crippen molar-refractivity contribution < 1.29 is 4.79 Å². The fourth-order valence-corrected chi connectivity index (χ4v) is 3.85. The number of amides is 1. The van der Waals surface area contributed by atoms with Gasteiger partial charge in [-0.1, -0.05) is 12.1 Å². The van der Waals surface area contributed by atoms with Gasteiger partial charge >= 0.3 is 0 Å². The second-order valence-corrected chi connectivity index (χ2v) is 7.46. The molecule has 1 saturated carbocycles. The maximum Gasteiger partial charge on any atom is 0.229 e. The van der Waals surface area contributed by atoms with Gasteiger partial charge in [-0.15, -0.1) is 0 Å². The Morgan fingerprint density at radius 1 is 1.07 bits per heavy atom. The van der Waals surface area contributed by atoms with E-state index >= 15 is 0 Å². The first-order valence-corrected chi connectivity index (χ1v) is 9.69. The van der Waals surface area contributed by atoms with Crippen molar-refractivity contribution in [1.29, 1.82) is 0 Å². The number of anilines is 1. The Morgan fingerprint density at radius 3 is 2.86 bits per heavy atom. The van der Waals surface area contributed by atoms with Gasteiger partial charge in [0.25, 0.3) is 0 Å². The molecule has 0 saturated heterocycles. The normalized spacial score (nSPS) is 18.3. The molecule has 1 fully saturated rings. The van der Waals surface area contributed by atoms with Crippen LogP contribution in [0.2, 0.25) is 0 Å². The number of rotatable bonds is 5. The Morgan fingerprint density at radius 2 is 2.00 bits per heavy atom. The molecular formula is C22H20N6O. The van der Waals surface area contributed by atoms with Gasteiger partial charge in [-0.2, -0.15) is 5.10 Å². The molecule has 7 nitrogen and oxygen atoms in total. The number of hydrogen-bond donors (Lipinski definition) is 2. The van der Waals surface area contributed by atoms with Crippen LogP contribution < -0.4 is 5.32 Å². The largest absolute Gasteiger partial charge is 0.309 e. The summed E-state index contributed by atoms with van der Waals surface area (Å²) in [5.41, 5.74) is 3.97. The summed E-state index contributed by atoms with van der Waals surface area (Å²) in [5.74, 6) is 1.33. The molecule has 29 heavy (non-hydrogen) atoms. The lowest BCUT2D eigenvalue weighted by molar-refractivity contribution is -0.115. The van der Waals surface area contributed by atoms with Crippen LogP contribution in [0.3, 0.4) is 0 Å². The lowest BCUT2D eigenvalue weighted by Crippen LogP contribution is -2.21. The number of aromatic nitrogens is 5. The third-order valence-corrected chi connectivity index (χ3v) is 5.48. The minimum Gasteiger partial charge on any atom is -0.309 e. The maximum absolute atomic E-state index is 12.4. The van der Waals surface area contributed by atoms with Crippen molar-refractivity contribution in [1.82, 2.24) is 25.1 Å². The molecule has 0 aliphatic heterocycles. The third kappa shape index (κ3) is 3.71. The second-order valence-electron chi connectivity index (χ2n) is 7.46. The van der Waals surface area contributed by atoms with E-state index in [9.17, 15) is 4.79 Å². The summed E-state index contributed by atoms with van der Waals surface area (Å²) in [7, 11) is 0. The SMILES string of the molecule is O=C(Cc1ccc2ncccc2c1)Nc1cc([C@H]2C[C@@H](c3cnccn3)C2)[nH]n1. The molecule has 1 aromatic carbocycles. The van der Waals surface area contributed by atoms with Crippen LogP contribution in [-0.2, 0) is 11.2 Å². The van der Waals surface area contributed by atoms with Crippen molar-refractivity contribution in [2.24, 2.45) is 0 Å². The van der Waals surface area contributed by atoms with Crippen molar-refractivity contribution in [3.05, 3.63) is 78.1 Å². The number of hydrogen-bond acceptors (Lipinski definition) is 5. The van der Waals surface area contributed by atoms with Crippen molar-refractivity contribution in [3.8, 4) is 0 Å². The van der Waals surface area contributed by atoms with Gasteiger partial charge in [-0.05, 0) is 36.6 Å². The minimum absolute atomic E-state index is 0.0858.